The normalized spacial score (nSPS) is 14.4. The fourth-order valence-electron chi connectivity index (χ4n) is 2.08. The van der Waals surface area contributed by atoms with Crippen molar-refractivity contribution in [2.45, 2.75) is 19.8 Å². The maximum absolute atomic E-state index is 12.0. The first kappa shape index (κ1) is 14.5. The summed E-state index contributed by atoms with van der Waals surface area (Å²) in [6, 6.07) is 7.10. The summed E-state index contributed by atoms with van der Waals surface area (Å²) in [7, 11) is 0. The fourth-order valence-corrected chi connectivity index (χ4v) is 2.08. The number of para-hydroxylation sites is 1. The molecule has 5 heteroatoms. The summed E-state index contributed by atoms with van der Waals surface area (Å²) < 4.78 is 0. The summed E-state index contributed by atoms with van der Waals surface area (Å²) in [6.45, 7) is 4.42. The van der Waals surface area contributed by atoms with Crippen LogP contribution in [0, 0.1) is 5.92 Å². The SMILES string of the molecule is CCCNC(=O)c1ccccc1NC(=O)CC1CNC1. The molecule has 0 aliphatic carbocycles. The predicted molar refractivity (Wildman–Crippen MR) is 78.7 cm³/mol. The maximum Gasteiger partial charge on any atom is 0.253 e. The Morgan fingerprint density at radius 1 is 1.30 bits per heavy atom. The monoisotopic (exact) mass is 275 g/mol. The van der Waals surface area contributed by atoms with E-state index in [9.17, 15) is 9.59 Å². The van der Waals surface area contributed by atoms with E-state index in [4.69, 9.17) is 0 Å². The van der Waals surface area contributed by atoms with Crippen LogP contribution in [-0.4, -0.2) is 31.4 Å². The molecule has 20 heavy (non-hydrogen) atoms. The average molecular weight is 275 g/mol. The van der Waals surface area contributed by atoms with Crippen LogP contribution in [0.2, 0.25) is 0 Å². The molecule has 0 atom stereocenters. The Kier molecular flexibility index (Phi) is 5.12. The minimum atomic E-state index is -0.145. The molecule has 2 rings (SSSR count). The van der Waals surface area contributed by atoms with Gasteiger partial charge in [0.2, 0.25) is 5.91 Å². The number of benzene rings is 1. The van der Waals surface area contributed by atoms with Crippen molar-refractivity contribution in [3.8, 4) is 0 Å². The van der Waals surface area contributed by atoms with E-state index in [-0.39, 0.29) is 11.8 Å². The summed E-state index contributed by atoms with van der Waals surface area (Å²) in [5.41, 5.74) is 1.10. The van der Waals surface area contributed by atoms with Crippen LogP contribution in [0.1, 0.15) is 30.1 Å². The van der Waals surface area contributed by atoms with Gasteiger partial charge in [0, 0.05) is 13.0 Å². The van der Waals surface area contributed by atoms with Gasteiger partial charge in [-0.05, 0) is 37.6 Å². The second kappa shape index (κ2) is 7.05. The van der Waals surface area contributed by atoms with Crippen molar-refractivity contribution in [3.63, 3.8) is 0 Å². The number of hydrogen-bond acceptors (Lipinski definition) is 3. The molecular weight excluding hydrogens is 254 g/mol. The molecule has 1 aliphatic rings. The molecule has 0 unspecified atom stereocenters. The minimum Gasteiger partial charge on any atom is -0.352 e. The zero-order valence-corrected chi connectivity index (χ0v) is 11.7. The molecule has 3 N–H and O–H groups in total. The molecule has 0 bridgehead atoms. The first-order valence-electron chi connectivity index (χ1n) is 7.08. The van der Waals surface area contributed by atoms with Gasteiger partial charge in [0.05, 0.1) is 11.3 Å². The van der Waals surface area contributed by atoms with Gasteiger partial charge in [-0.1, -0.05) is 19.1 Å². The van der Waals surface area contributed by atoms with Crippen LogP contribution in [0.25, 0.3) is 0 Å². The molecule has 2 amide bonds. The molecule has 1 fully saturated rings. The van der Waals surface area contributed by atoms with Crippen LogP contribution in [0.15, 0.2) is 24.3 Å². The number of anilines is 1. The van der Waals surface area contributed by atoms with E-state index in [0.29, 0.717) is 30.1 Å². The zero-order chi connectivity index (χ0) is 14.4. The van der Waals surface area contributed by atoms with Crippen molar-refractivity contribution in [3.05, 3.63) is 29.8 Å². The van der Waals surface area contributed by atoms with Crippen molar-refractivity contribution in [2.24, 2.45) is 5.92 Å². The van der Waals surface area contributed by atoms with Gasteiger partial charge in [0.1, 0.15) is 0 Å². The number of carbonyl (C=O) groups excluding carboxylic acids is 2. The fraction of sp³-hybridized carbons (Fsp3) is 0.467. The molecule has 1 heterocycles. The largest absolute Gasteiger partial charge is 0.352 e. The topological polar surface area (TPSA) is 70.2 Å². The van der Waals surface area contributed by atoms with E-state index < -0.39 is 0 Å². The lowest BCUT2D eigenvalue weighted by atomic mass is 9.99. The van der Waals surface area contributed by atoms with Crippen LogP contribution < -0.4 is 16.0 Å². The molecule has 1 aliphatic heterocycles. The van der Waals surface area contributed by atoms with Gasteiger partial charge in [-0.2, -0.15) is 0 Å². The maximum atomic E-state index is 12.0. The van der Waals surface area contributed by atoms with E-state index >= 15 is 0 Å². The quantitative estimate of drug-likeness (QED) is 0.734. The van der Waals surface area contributed by atoms with Crippen LogP contribution in [0.5, 0.6) is 0 Å². The van der Waals surface area contributed by atoms with Gasteiger partial charge in [-0.25, -0.2) is 0 Å². The first-order chi connectivity index (χ1) is 9.70. The summed E-state index contributed by atoms with van der Waals surface area (Å²) in [5.74, 6) is 0.233. The molecule has 0 saturated carbocycles. The summed E-state index contributed by atoms with van der Waals surface area (Å²) in [4.78, 5) is 24.0. The summed E-state index contributed by atoms with van der Waals surface area (Å²) in [6.07, 6.45) is 1.38. The molecule has 1 saturated heterocycles. The Morgan fingerprint density at radius 2 is 2.05 bits per heavy atom. The van der Waals surface area contributed by atoms with Crippen molar-refractivity contribution in [2.75, 3.05) is 25.0 Å². The lowest BCUT2D eigenvalue weighted by Crippen LogP contribution is -2.43. The van der Waals surface area contributed by atoms with E-state index in [1.54, 1.807) is 18.2 Å². The average Bonchev–Trinajstić information content (AvgIpc) is 2.41. The third-order valence-corrected chi connectivity index (χ3v) is 3.32. The van der Waals surface area contributed by atoms with Crippen LogP contribution >= 0.6 is 0 Å². The van der Waals surface area contributed by atoms with E-state index in [1.165, 1.54) is 0 Å². The molecule has 5 nitrogen and oxygen atoms in total. The number of nitrogens with one attached hydrogen (secondary N) is 3. The van der Waals surface area contributed by atoms with Crippen molar-refractivity contribution < 1.29 is 9.59 Å². The standard InChI is InChI=1S/C15H21N3O2/c1-2-7-17-15(20)12-5-3-4-6-13(12)18-14(19)8-11-9-16-10-11/h3-6,11,16H,2,7-10H2,1H3,(H,17,20)(H,18,19). The number of carbonyl (C=O) groups is 2. The van der Waals surface area contributed by atoms with Crippen molar-refractivity contribution >= 4 is 17.5 Å². The Hall–Kier alpha value is -1.88. The second-order valence-corrected chi connectivity index (χ2v) is 5.08. The van der Waals surface area contributed by atoms with Crippen molar-refractivity contribution in [1.82, 2.24) is 10.6 Å². The predicted octanol–water partition coefficient (Wildman–Crippen LogP) is 1.37. The Labute approximate surface area is 119 Å². The highest BCUT2D eigenvalue weighted by Gasteiger charge is 2.21. The number of amides is 2. The molecular formula is C15H21N3O2. The highest BCUT2D eigenvalue weighted by molar-refractivity contribution is 6.03. The Bertz CT molecular complexity index is 484. The smallest absolute Gasteiger partial charge is 0.253 e. The second-order valence-electron chi connectivity index (χ2n) is 5.08. The van der Waals surface area contributed by atoms with Gasteiger partial charge in [0.15, 0.2) is 0 Å². The van der Waals surface area contributed by atoms with E-state index in [1.807, 2.05) is 13.0 Å². The zero-order valence-electron chi connectivity index (χ0n) is 11.7. The molecule has 1 aromatic rings. The van der Waals surface area contributed by atoms with Gasteiger partial charge >= 0.3 is 0 Å². The molecule has 0 radical (unpaired) electrons. The van der Waals surface area contributed by atoms with Gasteiger partial charge in [-0.15, -0.1) is 0 Å². The van der Waals surface area contributed by atoms with Crippen LogP contribution in [-0.2, 0) is 4.79 Å². The lowest BCUT2D eigenvalue weighted by molar-refractivity contribution is -0.117. The molecule has 108 valence electrons. The lowest BCUT2D eigenvalue weighted by Gasteiger charge is -2.26. The third kappa shape index (κ3) is 3.81. The van der Waals surface area contributed by atoms with E-state index in [2.05, 4.69) is 16.0 Å². The summed E-state index contributed by atoms with van der Waals surface area (Å²) in [5, 5.41) is 8.80. The minimum absolute atomic E-state index is 0.0350. The number of hydrogen-bond donors (Lipinski definition) is 3. The highest BCUT2D eigenvalue weighted by atomic mass is 16.2. The van der Waals surface area contributed by atoms with E-state index in [0.717, 1.165) is 19.5 Å². The highest BCUT2D eigenvalue weighted by Crippen LogP contribution is 2.17. The molecule has 0 aromatic heterocycles. The Morgan fingerprint density at radius 3 is 2.70 bits per heavy atom. The molecule has 1 aromatic carbocycles. The number of rotatable bonds is 6. The Balaban J connectivity index is 1.99. The van der Waals surface area contributed by atoms with Crippen LogP contribution in [0.3, 0.4) is 0 Å². The summed E-state index contributed by atoms with van der Waals surface area (Å²) >= 11 is 0. The molecule has 0 spiro atoms. The van der Waals surface area contributed by atoms with Gasteiger partial charge < -0.3 is 16.0 Å². The first-order valence-corrected chi connectivity index (χ1v) is 7.08. The third-order valence-electron chi connectivity index (χ3n) is 3.32. The van der Waals surface area contributed by atoms with Gasteiger partial charge in [-0.3, -0.25) is 9.59 Å². The van der Waals surface area contributed by atoms with Gasteiger partial charge in [0.25, 0.3) is 5.91 Å². The van der Waals surface area contributed by atoms with Crippen LogP contribution in [0.4, 0.5) is 5.69 Å². The van der Waals surface area contributed by atoms with Crippen molar-refractivity contribution in [1.29, 1.82) is 0 Å².